The number of carboxylic acid groups (broad SMARTS) is 1. The van der Waals surface area contributed by atoms with Crippen molar-refractivity contribution in [2.24, 2.45) is 5.41 Å². The Morgan fingerprint density at radius 1 is 1.19 bits per heavy atom. The van der Waals surface area contributed by atoms with Crippen molar-refractivity contribution in [2.45, 2.75) is 26.4 Å². The Morgan fingerprint density at radius 3 is 2.54 bits per heavy atom. The molecule has 2 heterocycles. The number of piperidine rings is 1. The summed E-state index contributed by atoms with van der Waals surface area (Å²) < 4.78 is 5.71. The quantitative estimate of drug-likeness (QED) is 0.893. The number of hydrogen-bond acceptors (Lipinski definition) is 4. The molecule has 1 aliphatic heterocycles. The molecule has 0 bridgehead atoms. The molecule has 1 aliphatic rings. The second kappa shape index (κ2) is 7.56. The number of aliphatic carboxylic acids is 1. The summed E-state index contributed by atoms with van der Waals surface area (Å²) in [5.41, 5.74) is 0.680. The fourth-order valence-electron chi connectivity index (χ4n) is 3.11. The van der Waals surface area contributed by atoms with Gasteiger partial charge in [-0.15, -0.1) is 0 Å². The summed E-state index contributed by atoms with van der Waals surface area (Å²) in [6.07, 6.45) is 4.71. The molecule has 1 saturated heterocycles. The fraction of sp³-hybridized carbons (Fsp3) is 0.350. The first-order valence-electron chi connectivity index (χ1n) is 8.62. The third-order valence-corrected chi connectivity index (χ3v) is 4.76. The maximum atomic E-state index is 12.7. The molecule has 6 heteroatoms. The van der Waals surface area contributed by atoms with Gasteiger partial charge in [0.1, 0.15) is 12.4 Å². The van der Waals surface area contributed by atoms with E-state index in [0.29, 0.717) is 37.3 Å². The summed E-state index contributed by atoms with van der Waals surface area (Å²) in [6, 6.07) is 10.7. The molecule has 1 N–H and O–H groups in total. The Balaban J connectivity index is 1.62. The molecule has 2 aromatic rings. The molecule has 1 atom stereocenters. The molecule has 1 fully saturated rings. The first-order chi connectivity index (χ1) is 12.5. The smallest absolute Gasteiger partial charge is 0.311 e. The van der Waals surface area contributed by atoms with E-state index in [4.69, 9.17) is 4.74 Å². The second-order valence-corrected chi connectivity index (χ2v) is 6.86. The summed E-state index contributed by atoms with van der Waals surface area (Å²) in [6.45, 7) is 2.95. The van der Waals surface area contributed by atoms with Gasteiger partial charge < -0.3 is 14.7 Å². The van der Waals surface area contributed by atoms with E-state index in [9.17, 15) is 14.7 Å². The lowest BCUT2D eigenvalue weighted by Crippen LogP contribution is -2.48. The lowest BCUT2D eigenvalue weighted by atomic mass is 9.82. The van der Waals surface area contributed by atoms with Crippen LogP contribution in [-0.2, 0) is 11.4 Å². The van der Waals surface area contributed by atoms with Gasteiger partial charge in [0.25, 0.3) is 5.91 Å². The van der Waals surface area contributed by atoms with Crippen LogP contribution in [-0.4, -0.2) is 40.0 Å². The van der Waals surface area contributed by atoms with E-state index in [0.717, 1.165) is 5.56 Å². The van der Waals surface area contributed by atoms with E-state index in [1.807, 2.05) is 12.1 Å². The van der Waals surface area contributed by atoms with Crippen molar-refractivity contribution in [3.05, 3.63) is 59.9 Å². The van der Waals surface area contributed by atoms with Gasteiger partial charge in [-0.2, -0.15) is 0 Å². The number of carbonyl (C=O) groups is 2. The van der Waals surface area contributed by atoms with Crippen molar-refractivity contribution in [2.75, 3.05) is 13.1 Å². The average Bonchev–Trinajstić information content (AvgIpc) is 2.67. The van der Waals surface area contributed by atoms with Crippen molar-refractivity contribution in [3.8, 4) is 5.75 Å². The highest BCUT2D eigenvalue weighted by atomic mass is 16.5. The van der Waals surface area contributed by atoms with Crippen molar-refractivity contribution < 1.29 is 19.4 Å². The molecule has 136 valence electrons. The van der Waals surface area contributed by atoms with Gasteiger partial charge in [-0.05, 0) is 61.7 Å². The number of pyridine rings is 1. The Hall–Kier alpha value is -2.89. The first kappa shape index (κ1) is 17.9. The van der Waals surface area contributed by atoms with Crippen molar-refractivity contribution in [1.29, 1.82) is 0 Å². The number of rotatable bonds is 5. The number of nitrogens with zero attached hydrogens (tertiary/aromatic N) is 2. The molecule has 1 unspecified atom stereocenters. The molecule has 26 heavy (non-hydrogen) atoms. The highest BCUT2D eigenvalue weighted by Gasteiger charge is 2.39. The van der Waals surface area contributed by atoms with Crippen LogP contribution in [0.4, 0.5) is 0 Å². The van der Waals surface area contributed by atoms with Crippen LogP contribution >= 0.6 is 0 Å². The number of amides is 1. The fourth-order valence-corrected chi connectivity index (χ4v) is 3.11. The maximum Gasteiger partial charge on any atom is 0.311 e. The van der Waals surface area contributed by atoms with Gasteiger partial charge in [0.2, 0.25) is 0 Å². The monoisotopic (exact) mass is 354 g/mol. The average molecular weight is 354 g/mol. The molecule has 1 amide bonds. The largest absolute Gasteiger partial charge is 0.489 e. The Kier molecular flexibility index (Phi) is 5.21. The van der Waals surface area contributed by atoms with E-state index in [1.165, 1.54) is 0 Å². The zero-order chi connectivity index (χ0) is 18.6. The predicted octanol–water partition coefficient (Wildman–Crippen LogP) is 2.99. The zero-order valence-electron chi connectivity index (χ0n) is 14.7. The van der Waals surface area contributed by atoms with Crippen molar-refractivity contribution >= 4 is 11.9 Å². The van der Waals surface area contributed by atoms with Gasteiger partial charge in [-0.1, -0.05) is 0 Å². The molecule has 0 spiro atoms. The molecule has 0 aliphatic carbocycles. The lowest BCUT2D eigenvalue weighted by Gasteiger charge is -2.37. The Labute approximate surface area is 152 Å². The minimum absolute atomic E-state index is 0.141. The van der Waals surface area contributed by atoms with E-state index in [-0.39, 0.29) is 12.5 Å². The van der Waals surface area contributed by atoms with Gasteiger partial charge in [0.05, 0.1) is 5.41 Å². The number of aromatic nitrogens is 1. The number of carboxylic acids is 1. The molecule has 3 rings (SSSR count). The number of ether oxygens (including phenoxy) is 1. The standard InChI is InChI=1S/C20H22N2O4/c1-20(19(24)25)9-2-12-22(14-20)18(23)16-3-5-17(6-4-16)26-13-15-7-10-21-11-8-15/h3-8,10-11H,2,9,12-14H2,1H3,(H,24,25). The predicted molar refractivity (Wildman–Crippen MR) is 95.9 cm³/mol. The maximum absolute atomic E-state index is 12.7. The van der Waals surface area contributed by atoms with E-state index < -0.39 is 11.4 Å². The van der Waals surface area contributed by atoms with E-state index >= 15 is 0 Å². The van der Waals surface area contributed by atoms with Crippen LogP contribution in [0.1, 0.15) is 35.7 Å². The van der Waals surface area contributed by atoms with Crippen molar-refractivity contribution in [1.82, 2.24) is 9.88 Å². The van der Waals surface area contributed by atoms with E-state index in [1.54, 1.807) is 48.5 Å². The molecule has 1 aromatic carbocycles. The topological polar surface area (TPSA) is 79.7 Å². The SMILES string of the molecule is CC1(C(=O)O)CCCN(C(=O)c2ccc(OCc3ccncc3)cc2)C1. The van der Waals surface area contributed by atoms with Gasteiger partial charge in [0.15, 0.2) is 0 Å². The van der Waals surface area contributed by atoms with Gasteiger partial charge in [0, 0.05) is 31.0 Å². The third-order valence-electron chi connectivity index (χ3n) is 4.76. The lowest BCUT2D eigenvalue weighted by molar-refractivity contribution is -0.150. The zero-order valence-corrected chi connectivity index (χ0v) is 14.7. The number of carbonyl (C=O) groups excluding carboxylic acids is 1. The highest BCUT2D eigenvalue weighted by molar-refractivity contribution is 5.94. The summed E-state index contributed by atoms with van der Waals surface area (Å²) in [4.78, 5) is 29.7. The van der Waals surface area contributed by atoms with Crippen LogP contribution in [0.5, 0.6) is 5.75 Å². The van der Waals surface area contributed by atoms with Gasteiger partial charge >= 0.3 is 5.97 Å². The Morgan fingerprint density at radius 2 is 1.88 bits per heavy atom. The second-order valence-electron chi connectivity index (χ2n) is 6.86. The number of benzene rings is 1. The minimum Gasteiger partial charge on any atom is -0.489 e. The first-order valence-corrected chi connectivity index (χ1v) is 8.62. The van der Waals surface area contributed by atoms with Crippen LogP contribution in [0.2, 0.25) is 0 Å². The summed E-state index contributed by atoms with van der Waals surface area (Å²) in [5.74, 6) is -0.319. The summed E-state index contributed by atoms with van der Waals surface area (Å²) in [7, 11) is 0. The number of likely N-dealkylation sites (tertiary alicyclic amines) is 1. The molecular formula is C20H22N2O4. The van der Waals surface area contributed by atoms with Crippen LogP contribution in [0.25, 0.3) is 0 Å². The molecular weight excluding hydrogens is 332 g/mol. The molecule has 6 nitrogen and oxygen atoms in total. The van der Waals surface area contributed by atoms with Crippen LogP contribution in [0.3, 0.4) is 0 Å². The minimum atomic E-state index is -0.874. The third kappa shape index (κ3) is 4.02. The van der Waals surface area contributed by atoms with E-state index in [2.05, 4.69) is 4.98 Å². The Bertz CT molecular complexity index is 776. The number of hydrogen-bond donors (Lipinski definition) is 1. The van der Waals surface area contributed by atoms with Crippen LogP contribution in [0, 0.1) is 5.41 Å². The molecule has 0 radical (unpaired) electrons. The van der Waals surface area contributed by atoms with Crippen molar-refractivity contribution in [3.63, 3.8) is 0 Å². The summed E-state index contributed by atoms with van der Waals surface area (Å²) in [5, 5.41) is 9.40. The highest BCUT2D eigenvalue weighted by Crippen LogP contribution is 2.30. The van der Waals surface area contributed by atoms with Crippen LogP contribution < -0.4 is 4.74 Å². The summed E-state index contributed by atoms with van der Waals surface area (Å²) >= 11 is 0. The normalized spacial score (nSPS) is 19.8. The van der Waals surface area contributed by atoms with Gasteiger partial charge in [-0.3, -0.25) is 14.6 Å². The molecule has 0 saturated carbocycles. The molecule has 1 aromatic heterocycles. The van der Waals surface area contributed by atoms with Gasteiger partial charge in [-0.25, -0.2) is 0 Å². The van der Waals surface area contributed by atoms with Crippen LogP contribution in [0.15, 0.2) is 48.8 Å².